The first kappa shape index (κ1) is 14.1. The molecule has 0 unspecified atom stereocenters. The van der Waals surface area contributed by atoms with Crippen LogP contribution in [-0.2, 0) is 13.0 Å². The van der Waals surface area contributed by atoms with E-state index in [1.807, 2.05) is 0 Å². The number of hydrogen-bond acceptors (Lipinski definition) is 3. The minimum absolute atomic E-state index is 1.14. The van der Waals surface area contributed by atoms with E-state index in [-0.39, 0.29) is 0 Å². The summed E-state index contributed by atoms with van der Waals surface area (Å²) in [6, 6.07) is 8.98. The Kier molecular flexibility index (Phi) is 5.06. The molecule has 0 saturated carbocycles. The second kappa shape index (κ2) is 7.21. The van der Waals surface area contributed by atoms with Gasteiger partial charge < -0.3 is 10.2 Å². The van der Waals surface area contributed by atoms with E-state index in [9.17, 15) is 0 Å². The van der Waals surface area contributed by atoms with Crippen molar-refractivity contribution in [2.24, 2.45) is 0 Å². The molecular formula is C17H27N3. The van der Waals surface area contributed by atoms with Crippen molar-refractivity contribution in [3.8, 4) is 0 Å². The molecule has 110 valence electrons. The van der Waals surface area contributed by atoms with Crippen molar-refractivity contribution >= 4 is 0 Å². The van der Waals surface area contributed by atoms with Gasteiger partial charge in [-0.15, -0.1) is 0 Å². The molecule has 2 aliphatic heterocycles. The van der Waals surface area contributed by atoms with E-state index in [2.05, 4.69) is 39.4 Å². The topological polar surface area (TPSA) is 18.5 Å². The zero-order chi connectivity index (χ0) is 13.6. The SMILES string of the molecule is c1ccc2c(c1)CCCN(CCN1CCCNCC1)C2. The van der Waals surface area contributed by atoms with Crippen LogP contribution in [0.2, 0.25) is 0 Å². The van der Waals surface area contributed by atoms with Gasteiger partial charge >= 0.3 is 0 Å². The fourth-order valence-electron chi connectivity index (χ4n) is 3.37. The van der Waals surface area contributed by atoms with E-state index in [0.29, 0.717) is 0 Å². The lowest BCUT2D eigenvalue weighted by molar-refractivity contribution is 0.206. The van der Waals surface area contributed by atoms with Gasteiger partial charge in [-0.2, -0.15) is 0 Å². The lowest BCUT2D eigenvalue weighted by Crippen LogP contribution is -2.36. The molecule has 1 saturated heterocycles. The third kappa shape index (κ3) is 3.81. The summed E-state index contributed by atoms with van der Waals surface area (Å²) in [7, 11) is 0. The van der Waals surface area contributed by atoms with Gasteiger partial charge in [-0.05, 0) is 50.0 Å². The fraction of sp³-hybridized carbons (Fsp3) is 0.647. The number of hydrogen-bond donors (Lipinski definition) is 1. The third-order valence-electron chi connectivity index (χ3n) is 4.60. The molecule has 2 heterocycles. The average molecular weight is 273 g/mol. The van der Waals surface area contributed by atoms with Gasteiger partial charge in [-0.25, -0.2) is 0 Å². The molecule has 0 atom stereocenters. The maximum atomic E-state index is 3.48. The van der Waals surface area contributed by atoms with Crippen LogP contribution in [0.5, 0.6) is 0 Å². The molecule has 1 N–H and O–H groups in total. The lowest BCUT2D eigenvalue weighted by Gasteiger charge is -2.25. The Morgan fingerprint density at radius 1 is 0.850 bits per heavy atom. The van der Waals surface area contributed by atoms with Gasteiger partial charge in [0.15, 0.2) is 0 Å². The van der Waals surface area contributed by atoms with Gasteiger partial charge in [0.25, 0.3) is 0 Å². The van der Waals surface area contributed by atoms with E-state index in [1.165, 1.54) is 58.5 Å². The van der Waals surface area contributed by atoms with E-state index in [4.69, 9.17) is 0 Å². The number of nitrogens with zero attached hydrogens (tertiary/aromatic N) is 2. The summed E-state index contributed by atoms with van der Waals surface area (Å²) in [5, 5.41) is 3.48. The van der Waals surface area contributed by atoms with Crippen LogP contribution < -0.4 is 5.32 Å². The highest BCUT2D eigenvalue weighted by Crippen LogP contribution is 2.18. The number of fused-ring (bicyclic) bond motifs is 1. The zero-order valence-electron chi connectivity index (χ0n) is 12.5. The maximum Gasteiger partial charge on any atom is 0.0237 e. The summed E-state index contributed by atoms with van der Waals surface area (Å²) in [6.07, 6.45) is 3.85. The van der Waals surface area contributed by atoms with Crippen LogP contribution >= 0.6 is 0 Å². The summed E-state index contributed by atoms with van der Waals surface area (Å²) >= 11 is 0. The van der Waals surface area contributed by atoms with Gasteiger partial charge in [0.2, 0.25) is 0 Å². The quantitative estimate of drug-likeness (QED) is 0.905. The molecule has 20 heavy (non-hydrogen) atoms. The number of aryl methyl sites for hydroxylation is 1. The van der Waals surface area contributed by atoms with Crippen molar-refractivity contribution in [1.82, 2.24) is 15.1 Å². The summed E-state index contributed by atoms with van der Waals surface area (Å²) in [6.45, 7) is 9.65. The highest BCUT2D eigenvalue weighted by atomic mass is 15.2. The normalized spacial score (nSPS) is 22.0. The first-order valence-corrected chi connectivity index (χ1v) is 8.14. The van der Waals surface area contributed by atoms with Crippen molar-refractivity contribution in [1.29, 1.82) is 0 Å². The summed E-state index contributed by atoms with van der Waals surface area (Å²) < 4.78 is 0. The Labute approximate surface area is 123 Å². The van der Waals surface area contributed by atoms with Crippen molar-refractivity contribution in [3.63, 3.8) is 0 Å². The van der Waals surface area contributed by atoms with Crippen LogP contribution in [0.4, 0.5) is 0 Å². The molecule has 1 fully saturated rings. The van der Waals surface area contributed by atoms with Crippen molar-refractivity contribution in [2.75, 3.05) is 45.8 Å². The highest BCUT2D eigenvalue weighted by molar-refractivity contribution is 5.27. The van der Waals surface area contributed by atoms with Crippen LogP contribution in [0.1, 0.15) is 24.0 Å². The molecule has 3 nitrogen and oxygen atoms in total. The Morgan fingerprint density at radius 3 is 2.60 bits per heavy atom. The molecule has 0 bridgehead atoms. The number of rotatable bonds is 3. The van der Waals surface area contributed by atoms with E-state index >= 15 is 0 Å². The van der Waals surface area contributed by atoms with E-state index in [0.717, 1.165) is 13.1 Å². The first-order valence-electron chi connectivity index (χ1n) is 8.14. The maximum absolute atomic E-state index is 3.48. The minimum Gasteiger partial charge on any atom is -0.315 e. The summed E-state index contributed by atoms with van der Waals surface area (Å²) in [5.41, 5.74) is 3.11. The second-order valence-electron chi connectivity index (χ2n) is 6.09. The standard InChI is InChI=1S/C17H27N3/c1-2-6-17-15-20(10-3-7-16(17)5-1)14-13-19-11-4-8-18-9-12-19/h1-2,5-6,18H,3-4,7-15H2. The highest BCUT2D eigenvalue weighted by Gasteiger charge is 2.15. The number of benzene rings is 1. The molecule has 0 spiro atoms. The molecule has 0 aliphatic carbocycles. The Hall–Kier alpha value is -0.900. The third-order valence-corrected chi connectivity index (χ3v) is 4.60. The van der Waals surface area contributed by atoms with Crippen LogP contribution in [0.15, 0.2) is 24.3 Å². The molecule has 2 aliphatic rings. The van der Waals surface area contributed by atoms with Crippen LogP contribution in [0.25, 0.3) is 0 Å². The second-order valence-corrected chi connectivity index (χ2v) is 6.09. The number of nitrogens with one attached hydrogen (secondary N) is 1. The van der Waals surface area contributed by atoms with Crippen molar-refractivity contribution < 1.29 is 0 Å². The first-order chi connectivity index (χ1) is 9.92. The molecule has 1 aromatic rings. The predicted molar refractivity (Wildman–Crippen MR) is 84.0 cm³/mol. The fourth-order valence-corrected chi connectivity index (χ4v) is 3.37. The van der Waals surface area contributed by atoms with Gasteiger partial charge in [0.1, 0.15) is 0 Å². The monoisotopic (exact) mass is 273 g/mol. The summed E-state index contributed by atoms with van der Waals surface area (Å²) in [5.74, 6) is 0. The van der Waals surface area contributed by atoms with Crippen LogP contribution in [0.3, 0.4) is 0 Å². The lowest BCUT2D eigenvalue weighted by atomic mass is 10.0. The van der Waals surface area contributed by atoms with Crippen LogP contribution in [-0.4, -0.2) is 55.6 Å². The molecule has 0 amide bonds. The van der Waals surface area contributed by atoms with Gasteiger partial charge in [0.05, 0.1) is 0 Å². The Balaban J connectivity index is 1.53. The Bertz CT molecular complexity index is 410. The molecule has 0 radical (unpaired) electrons. The van der Waals surface area contributed by atoms with Crippen LogP contribution in [0, 0.1) is 0 Å². The minimum atomic E-state index is 1.14. The summed E-state index contributed by atoms with van der Waals surface area (Å²) in [4.78, 5) is 5.26. The van der Waals surface area contributed by atoms with Gasteiger partial charge in [0, 0.05) is 32.7 Å². The van der Waals surface area contributed by atoms with Gasteiger partial charge in [-0.3, -0.25) is 4.90 Å². The van der Waals surface area contributed by atoms with Crippen molar-refractivity contribution in [3.05, 3.63) is 35.4 Å². The largest absolute Gasteiger partial charge is 0.315 e. The molecule has 3 heteroatoms. The van der Waals surface area contributed by atoms with Gasteiger partial charge in [-0.1, -0.05) is 24.3 Å². The van der Waals surface area contributed by atoms with E-state index in [1.54, 1.807) is 11.1 Å². The van der Waals surface area contributed by atoms with Crippen molar-refractivity contribution in [2.45, 2.75) is 25.8 Å². The molecule has 0 aromatic heterocycles. The van der Waals surface area contributed by atoms with E-state index < -0.39 is 0 Å². The smallest absolute Gasteiger partial charge is 0.0237 e. The Morgan fingerprint density at radius 2 is 1.65 bits per heavy atom. The molecular weight excluding hydrogens is 246 g/mol. The molecule has 1 aromatic carbocycles. The average Bonchev–Trinajstić information content (AvgIpc) is 2.85. The predicted octanol–water partition coefficient (Wildman–Crippen LogP) is 1.73. The molecule has 3 rings (SSSR count). The zero-order valence-corrected chi connectivity index (χ0v) is 12.5.